The Balaban J connectivity index is 1.33. The smallest absolute Gasteiger partial charge is 0.254 e. The summed E-state index contributed by atoms with van der Waals surface area (Å²) in [7, 11) is 0. The van der Waals surface area contributed by atoms with Crippen molar-refractivity contribution < 1.29 is 19.1 Å². The SMILES string of the molecule is CC(=O)Nc1cccc(C(=O)N2CCN(Cc3ccc4c(c3)OCO4)CC2)c1. The molecule has 1 fully saturated rings. The van der Waals surface area contributed by atoms with Crippen molar-refractivity contribution in [1.82, 2.24) is 9.80 Å². The Bertz CT molecular complexity index is 891. The number of ether oxygens (including phenoxy) is 2. The summed E-state index contributed by atoms with van der Waals surface area (Å²) < 4.78 is 10.8. The fourth-order valence-electron chi connectivity index (χ4n) is 3.52. The van der Waals surface area contributed by atoms with Gasteiger partial charge in [-0.25, -0.2) is 0 Å². The lowest BCUT2D eigenvalue weighted by Crippen LogP contribution is -2.48. The summed E-state index contributed by atoms with van der Waals surface area (Å²) in [5.74, 6) is 1.43. The number of carbonyl (C=O) groups excluding carboxylic acids is 2. The second-order valence-corrected chi connectivity index (χ2v) is 7.02. The highest BCUT2D eigenvalue weighted by atomic mass is 16.7. The van der Waals surface area contributed by atoms with Crippen LogP contribution in [0.25, 0.3) is 0 Å². The topological polar surface area (TPSA) is 71.1 Å². The van der Waals surface area contributed by atoms with Gasteiger partial charge in [-0.15, -0.1) is 0 Å². The molecule has 0 aliphatic carbocycles. The first kappa shape index (κ1) is 18.3. The van der Waals surface area contributed by atoms with Crippen molar-refractivity contribution in [2.75, 3.05) is 38.3 Å². The van der Waals surface area contributed by atoms with Crippen LogP contribution in [0.2, 0.25) is 0 Å². The Morgan fingerprint density at radius 3 is 2.57 bits per heavy atom. The van der Waals surface area contributed by atoms with Gasteiger partial charge < -0.3 is 19.7 Å². The molecule has 146 valence electrons. The first-order valence-electron chi connectivity index (χ1n) is 9.36. The van der Waals surface area contributed by atoms with E-state index in [0.717, 1.165) is 31.1 Å². The molecule has 0 spiro atoms. The third-order valence-corrected chi connectivity index (χ3v) is 4.93. The van der Waals surface area contributed by atoms with Crippen molar-refractivity contribution in [3.05, 3.63) is 53.6 Å². The molecular formula is C21H23N3O4. The van der Waals surface area contributed by atoms with Gasteiger partial charge in [0, 0.05) is 50.9 Å². The van der Waals surface area contributed by atoms with Crippen molar-refractivity contribution in [3.63, 3.8) is 0 Å². The molecule has 2 heterocycles. The van der Waals surface area contributed by atoms with Crippen molar-refractivity contribution in [2.45, 2.75) is 13.5 Å². The normalized spacial score (nSPS) is 16.1. The Hall–Kier alpha value is -3.06. The van der Waals surface area contributed by atoms with Gasteiger partial charge in [0.15, 0.2) is 11.5 Å². The Kier molecular flexibility index (Phi) is 5.16. The van der Waals surface area contributed by atoms with Crippen LogP contribution in [-0.4, -0.2) is 54.6 Å². The van der Waals surface area contributed by atoms with E-state index in [1.807, 2.05) is 17.0 Å². The van der Waals surface area contributed by atoms with Crippen LogP contribution in [0.15, 0.2) is 42.5 Å². The fraction of sp³-hybridized carbons (Fsp3) is 0.333. The largest absolute Gasteiger partial charge is 0.454 e. The van der Waals surface area contributed by atoms with Crippen LogP contribution in [0.1, 0.15) is 22.8 Å². The van der Waals surface area contributed by atoms with E-state index in [1.54, 1.807) is 24.3 Å². The van der Waals surface area contributed by atoms with Gasteiger partial charge in [-0.05, 0) is 35.9 Å². The van der Waals surface area contributed by atoms with Gasteiger partial charge >= 0.3 is 0 Å². The number of benzene rings is 2. The molecule has 0 saturated carbocycles. The summed E-state index contributed by atoms with van der Waals surface area (Å²) in [6.45, 7) is 5.52. The van der Waals surface area contributed by atoms with Crippen LogP contribution in [0.3, 0.4) is 0 Å². The fourth-order valence-corrected chi connectivity index (χ4v) is 3.52. The number of nitrogens with one attached hydrogen (secondary N) is 1. The van der Waals surface area contributed by atoms with Gasteiger partial charge in [-0.3, -0.25) is 14.5 Å². The maximum atomic E-state index is 12.8. The summed E-state index contributed by atoms with van der Waals surface area (Å²) in [5.41, 5.74) is 2.40. The van der Waals surface area contributed by atoms with Crippen molar-refractivity contribution in [2.24, 2.45) is 0 Å². The number of anilines is 1. The van der Waals surface area contributed by atoms with E-state index in [9.17, 15) is 9.59 Å². The molecular weight excluding hydrogens is 358 g/mol. The van der Waals surface area contributed by atoms with Crippen LogP contribution in [0, 0.1) is 0 Å². The predicted molar refractivity (Wildman–Crippen MR) is 104 cm³/mol. The van der Waals surface area contributed by atoms with Gasteiger partial charge in [0.1, 0.15) is 0 Å². The highest BCUT2D eigenvalue weighted by Gasteiger charge is 2.23. The zero-order valence-electron chi connectivity index (χ0n) is 15.8. The molecule has 0 bridgehead atoms. The van der Waals surface area contributed by atoms with E-state index in [4.69, 9.17) is 9.47 Å². The monoisotopic (exact) mass is 381 g/mol. The molecule has 0 radical (unpaired) electrons. The number of hydrogen-bond donors (Lipinski definition) is 1. The number of rotatable bonds is 4. The van der Waals surface area contributed by atoms with Crippen LogP contribution >= 0.6 is 0 Å². The van der Waals surface area contributed by atoms with Crippen LogP contribution < -0.4 is 14.8 Å². The number of piperazine rings is 1. The van der Waals surface area contributed by atoms with Crippen LogP contribution in [-0.2, 0) is 11.3 Å². The van der Waals surface area contributed by atoms with Crippen molar-refractivity contribution >= 4 is 17.5 Å². The summed E-state index contributed by atoms with van der Waals surface area (Å²) in [5, 5.41) is 2.72. The maximum absolute atomic E-state index is 12.8. The quantitative estimate of drug-likeness (QED) is 0.880. The first-order valence-corrected chi connectivity index (χ1v) is 9.36. The predicted octanol–water partition coefficient (Wildman–Crippen LogP) is 2.33. The minimum absolute atomic E-state index is 0.00469. The van der Waals surface area contributed by atoms with Crippen LogP contribution in [0.5, 0.6) is 11.5 Å². The molecule has 1 N–H and O–H groups in total. The maximum Gasteiger partial charge on any atom is 0.254 e. The minimum Gasteiger partial charge on any atom is -0.454 e. The molecule has 2 aliphatic heterocycles. The Morgan fingerprint density at radius 2 is 1.79 bits per heavy atom. The highest BCUT2D eigenvalue weighted by molar-refractivity contribution is 5.96. The molecule has 2 aromatic rings. The molecule has 2 amide bonds. The van der Waals surface area contributed by atoms with E-state index in [1.165, 1.54) is 12.5 Å². The second-order valence-electron chi connectivity index (χ2n) is 7.02. The Labute approximate surface area is 163 Å². The van der Waals surface area contributed by atoms with E-state index < -0.39 is 0 Å². The molecule has 4 rings (SSSR count). The molecule has 0 aromatic heterocycles. The molecule has 0 unspecified atom stereocenters. The number of nitrogens with zero attached hydrogens (tertiary/aromatic N) is 2. The molecule has 28 heavy (non-hydrogen) atoms. The first-order chi connectivity index (χ1) is 13.6. The third-order valence-electron chi connectivity index (χ3n) is 4.93. The van der Waals surface area contributed by atoms with Crippen molar-refractivity contribution in [3.8, 4) is 11.5 Å². The highest BCUT2D eigenvalue weighted by Crippen LogP contribution is 2.32. The summed E-state index contributed by atoms with van der Waals surface area (Å²) in [6, 6.07) is 13.1. The molecule has 2 aromatic carbocycles. The standard InChI is InChI=1S/C21H23N3O4/c1-15(25)22-18-4-2-3-17(12-18)21(26)24-9-7-23(8-10-24)13-16-5-6-19-20(11-16)28-14-27-19/h2-6,11-12H,7-10,13-14H2,1H3,(H,22,25). The lowest BCUT2D eigenvalue weighted by molar-refractivity contribution is -0.114. The molecule has 2 aliphatic rings. The average Bonchev–Trinajstić information content (AvgIpc) is 3.15. The van der Waals surface area contributed by atoms with E-state index in [2.05, 4.69) is 16.3 Å². The third kappa shape index (κ3) is 4.09. The number of hydrogen-bond acceptors (Lipinski definition) is 5. The van der Waals surface area contributed by atoms with E-state index in [0.29, 0.717) is 24.3 Å². The zero-order chi connectivity index (χ0) is 19.5. The van der Waals surface area contributed by atoms with Gasteiger partial charge in [-0.1, -0.05) is 12.1 Å². The van der Waals surface area contributed by atoms with Gasteiger partial charge in [0.05, 0.1) is 0 Å². The number of amides is 2. The van der Waals surface area contributed by atoms with Gasteiger partial charge in [0.25, 0.3) is 5.91 Å². The summed E-state index contributed by atoms with van der Waals surface area (Å²) >= 11 is 0. The second kappa shape index (κ2) is 7.90. The zero-order valence-corrected chi connectivity index (χ0v) is 15.8. The van der Waals surface area contributed by atoms with Gasteiger partial charge in [0.2, 0.25) is 12.7 Å². The van der Waals surface area contributed by atoms with Crippen molar-refractivity contribution in [1.29, 1.82) is 0 Å². The average molecular weight is 381 g/mol. The Morgan fingerprint density at radius 1 is 1.00 bits per heavy atom. The summed E-state index contributed by atoms with van der Waals surface area (Å²) in [6.07, 6.45) is 0. The lowest BCUT2D eigenvalue weighted by atomic mass is 10.1. The molecule has 0 atom stereocenters. The molecule has 1 saturated heterocycles. The molecule has 7 nitrogen and oxygen atoms in total. The molecule has 7 heteroatoms. The summed E-state index contributed by atoms with van der Waals surface area (Å²) in [4.78, 5) is 28.2. The number of carbonyl (C=O) groups is 2. The van der Waals surface area contributed by atoms with E-state index in [-0.39, 0.29) is 18.6 Å². The number of fused-ring (bicyclic) bond motifs is 1. The minimum atomic E-state index is -0.151. The van der Waals surface area contributed by atoms with Crippen LogP contribution in [0.4, 0.5) is 5.69 Å². The van der Waals surface area contributed by atoms with Gasteiger partial charge in [-0.2, -0.15) is 0 Å². The van der Waals surface area contributed by atoms with E-state index >= 15 is 0 Å². The lowest BCUT2D eigenvalue weighted by Gasteiger charge is -2.34.